The number of carbonyl (C=O) groups excluding carboxylic acids is 2. The van der Waals surface area contributed by atoms with E-state index in [0.29, 0.717) is 22.8 Å². The largest absolute Gasteiger partial charge is 0.443 e. The Balaban J connectivity index is 1.32. The summed E-state index contributed by atoms with van der Waals surface area (Å²) in [5.74, 6) is 1.20. The molecule has 1 amide bonds. The topological polar surface area (TPSA) is 111 Å². The van der Waals surface area contributed by atoms with Crippen LogP contribution in [0.1, 0.15) is 68.5 Å². The number of ether oxygens (including phenoxy) is 3. The standard InChI is InChI=1S/C31H42N6O5/c1-31(2,3)42-30(39)37-24-17-26(32-19-22(24)16-25(37)23-8-7-13-35(23)4)34-28(38)21-9-10-27(33-18-21)36-14-11-20(12-15-36)29(40-5)41-6/h9-10,16-20,23,29H,7-8,11-15H2,1-6H3,(H,32,34,38)/t23-/m1/s1. The zero-order valence-corrected chi connectivity index (χ0v) is 25.4. The minimum Gasteiger partial charge on any atom is -0.443 e. The summed E-state index contributed by atoms with van der Waals surface area (Å²) in [6, 6.07) is 7.47. The number of likely N-dealkylation sites (tertiary alicyclic amines) is 1. The fourth-order valence-electron chi connectivity index (χ4n) is 6.01. The second-order valence-corrected chi connectivity index (χ2v) is 12.2. The van der Waals surface area contributed by atoms with E-state index < -0.39 is 11.7 Å². The molecule has 0 aromatic carbocycles. The van der Waals surface area contributed by atoms with Gasteiger partial charge in [-0.15, -0.1) is 0 Å². The normalized spacial score (nSPS) is 18.6. The molecule has 3 aromatic heterocycles. The van der Waals surface area contributed by atoms with Crippen LogP contribution in [0.5, 0.6) is 0 Å². The van der Waals surface area contributed by atoms with E-state index >= 15 is 0 Å². The van der Waals surface area contributed by atoms with Crippen LogP contribution < -0.4 is 10.2 Å². The number of nitrogens with zero attached hydrogens (tertiary/aromatic N) is 5. The molecular formula is C31H42N6O5. The van der Waals surface area contributed by atoms with Crippen molar-refractivity contribution in [2.75, 3.05) is 51.1 Å². The quantitative estimate of drug-likeness (QED) is 0.384. The van der Waals surface area contributed by atoms with Gasteiger partial charge < -0.3 is 24.4 Å². The lowest BCUT2D eigenvalue weighted by Crippen LogP contribution is -2.39. The highest BCUT2D eigenvalue weighted by Crippen LogP contribution is 2.35. The summed E-state index contributed by atoms with van der Waals surface area (Å²) < 4.78 is 18.3. The van der Waals surface area contributed by atoms with Gasteiger partial charge in [0.2, 0.25) is 0 Å². The average molecular weight is 579 g/mol. The van der Waals surface area contributed by atoms with Crippen molar-refractivity contribution in [3.05, 3.63) is 47.9 Å². The zero-order chi connectivity index (χ0) is 30.0. The third kappa shape index (κ3) is 6.43. The number of piperidine rings is 1. The summed E-state index contributed by atoms with van der Waals surface area (Å²) in [4.78, 5) is 40.1. The first-order valence-corrected chi connectivity index (χ1v) is 14.6. The molecule has 0 spiro atoms. The van der Waals surface area contributed by atoms with Gasteiger partial charge in [-0.3, -0.25) is 9.69 Å². The molecule has 0 radical (unpaired) electrons. The van der Waals surface area contributed by atoms with E-state index in [0.717, 1.165) is 62.2 Å². The van der Waals surface area contributed by atoms with Crippen LogP contribution in [0.15, 0.2) is 36.7 Å². The molecule has 0 bridgehead atoms. The molecule has 2 saturated heterocycles. The molecule has 11 nitrogen and oxygen atoms in total. The second-order valence-electron chi connectivity index (χ2n) is 12.2. The van der Waals surface area contributed by atoms with Gasteiger partial charge in [-0.25, -0.2) is 19.3 Å². The first-order chi connectivity index (χ1) is 20.1. The number of amides is 1. The van der Waals surface area contributed by atoms with Crippen LogP contribution in [0.2, 0.25) is 0 Å². The number of methoxy groups -OCH3 is 2. The number of hydrogen-bond acceptors (Lipinski definition) is 9. The van der Waals surface area contributed by atoms with E-state index in [2.05, 4.69) is 32.1 Å². The van der Waals surface area contributed by atoms with Gasteiger partial charge in [-0.05, 0) is 78.2 Å². The van der Waals surface area contributed by atoms with E-state index in [-0.39, 0.29) is 18.2 Å². The lowest BCUT2D eigenvalue weighted by molar-refractivity contribution is -0.141. The number of carbonyl (C=O) groups is 2. The molecule has 11 heteroatoms. The van der Waals surface area contributed by atoms with Crippen LogP contribution in [0.25, 0.3) is 10.9 Å². The first-order valence-electron chi connectivity index (χ1n) is 14.6. The number of fused-ring (bicyclic) bond motifs is 1. The van der Waals surface area contributed by atoms with Crippen molar-refractivity contribution < 1.29 is 23.8 Å². The minimum absolute atomic E-state index is 0.0970. The van der Waals surface area contributed by atoms with Gasteiger partial charge >= 0.3 is 6.09 Å². The first kappa shape index (κ1) is 29.9. The van der Waals surface area contributed by atoms with Gasteiger partial charge in [0.05, 0.1) is 17.1 Å². The average Bonchev–Trinajstić information content (AvgIpc) is 3.56. The number of rotatable bonds is 7. The van der Waals surface area contributed by atoms with Crippen LogP contribution in [0, 0.1) is 5.92 Å². The molecule has 1 atom stereocenters. The molecule has 0 aliphatic carbocycles. The molecule has 2 fully saturated rings. The Morgan fingerprint density at radius 3 is 2.33 bits per heavy atom. The van der Waals surface area contributed by atoms with Gasteiger partial charge in [-0.2, -0.15) is 0 Å². The highest BCUT2D eigenvalue weighted by atomic mass is 16.7. The second kappa shape index (κ2) is 12.4. The summed E-state index contributed by atoms with van der Waals surface area (Å²) in [5.41, 5.74) is 1.28. The molecule has 0 unspecified atom stereocenters. The van der Waals surface area contributed by atoms with Crippen molar-refractivity contribution in [2.24, 2.45) is 5.92 Å². The third-order valence-corrected chi connectivity index (χ3v) is 8.12. The van der Waals surface area contributed by atoms with Crippen molar-refractivity contribution in [1.29, 1.82) is 0 Å². The summed E-state index contributed by atoms with van der Waals surface area (Å²) in [7, 11) is 5.41. The lowest BCUT2D eigenvalue weighted by atomic mass is 9.96. The van der Waals surface area contributed by atoms with Gasteiger partial charge in [0.1, 0.15) is 17.2 Å². The van der Waals surface area contributed by atoms with Crippen LogP contribution in [-0.2, 0) is 14.2 Å². The highest BCUT2D eigenvalue weighted by molar-refractivity contribution is 6.04. The summed E-state index contributed by atoms with van der Waals surface area (Å²) in [5, 5.41) is 3.69. The van der Waals surface area contributed by atoms with Crippen LogP contribution >= 0.6 is 0 Å². The summed E-state index contributed by atoms with van der Waals surface area (Å²) in [6.45, 7) is 8.20. The third-order valence-electron chi connectivity index (χ3n) is 8.12. The van der Waals surface area contributed by atoms with Gasteiger partial charge in [-0.1, -0.05) is 0 Å². The van der Waals surface area contributed by atoms with Crippen molar-refractivity contribution in [1.82, 2.24) is 19.4 Å². The smallest absolute Gasteiger partial charge is 0.419 e. The SMILES string of the molecule is COC(OC)C1CCN(c2ccc(C(=O)Nc3cc4c(cn3)cc([C@H]3CCCN3C)n4C(=O)OC(C)(C)C)cn2)CC1. The summed E-state index contributed by atoms with van der Waals surface area (Å²) >= 11 is 0. The fourth-order valence-corrected chi connectivity index (χ4v) is 6.01. The van der Waals surface area contributed by atoms with Crippen LogP contribution in [0.4, 0.5) is 16.4 Å². The van der Waals surface area contributed by atoms with Crippen LogP contribution in [0.3, 0.4) is 0 Å². The van der Waals surface area contributed by atoms with Gasteiger partial charge in [0, 0.05) is 62.8 Å². The molecule has 0 saturated carbocycles. The number of hydrogen-bond donors (Lipinski definition) is 1. The Bertz CT molecular complexity index is 1400. The Labute approximate surface area is 247 Å². The maximum absolute atomic E-state index is 13.4. The van der Waals surface area contributed by atoms with Crippen molar-refractivity contribution in [3.8, 4) is 0 Å². The Hall–Kier alpha value is -3.54. The molecule has 226 valence electrons. The van der Waals surface area contributed by atoms with Gasteiger partial charge in [0.15, 0.2) is 6.29 Å². The van der Waals surface area contributed by atoms with E-state index in [1.54, 1.807) is 43.3 Å². The van der Waals surface area contributed by atoms with Crippen molar-refractivity contribution in [2.45, 2.75) is 64.4 Å². The molecule has 42 heavy (non-hydrogen) atoms. The molecular weight excluding hydrogens is 536 g/mol. The molecule has 5 heterocycles. The van der Waals surface area contributed by atoms with Gasteiger partial charge in [0.25, 0.3) is 5.91 Å². The number of pyridine rings is 2. The highest BCUT2D eigenvalue weighted by Gasteiger charge is 2.31. The number of nitrogens with one attached hydrogen (secondary N) is 1. The fraction of sp³-hybridized carbons (Fsp3) is 0.548. The predicted octanol–water partition coefficient (Wildman–Crippen LogP) is 5.07. The predicted molar refractivity (Wildman–Crippen MR) is 161 cm³/mol. The van der Waals surface area contributed by atoms with E-state index in [4.69, 9.17) is 14.2 Å². The Morgan fingerprint density at radius 2 is 1.74 bits per heavy atom. The van der Waals surface area contributed by atoms with E-state index in [9.17, 15) is 9.59 Å². The maximum Gasteiger partial charge on any atom is 0.419 e. The van der Waals surface area contributed by atoms with Crippen LogP contribution in [-0.4, -0.2) is 84.2 Å². The molecule has 2 aliphatic rings. The van der Waals surface area contributed by atoms with E-state index in [1.807, 2.05) is 32.9 Å². The lowest BCUT2D eigenvalue weighted by Gasteiger charge is -2.35. The Morgan fingerprint density at radius 1 is 1.00 bits per heavy atom. The van der Waals surface area contributed by atoms with E-state index in [1.165, 1.54) is 0 Å². The molecule has 1 N–H and O–H groups in total. The number of aromatic nitrogens is 3. The minimum atomic E-state index is -0.651. The Kier molecular flexibility index (Phi) is 8.81. The van der Waals surface area contributed by atoms with Crippen molar-refractivity contribution >= 4 is 34.5 Å². The maximum atomic E-state index is 13.4. The molecule has 2 aliphatic heterocycles. The molecule has 5 rings (SSSR count). The monoisotopic (exact) mass is 578 g/mol. The zero-order valence-electron chi connectivity index (χ0n) is 25.4. The summed E-state index contributed by atoms with van der Waals surface area (Å²) in [6.07, 6.45) is 6.52. The number of anilines is 2. The molecule has 3 aromatic rings. The van der Waals surface area contributed by atoms with Crippen molar-refractivity contribution in [3.63, 3.8) is 0 Å².